The predicted molar refractivity (Wildman–Crippen MR) is 83.2 cm³/mol. The standard InChI is InChI=1S/C16H15N5/c1-11-6-5-9-18-15(11)16-19-13(10-14(20-16)21-17)12-7-3-2-4-8-12/h2-10H,17H2,1H3,(H,19,20,21). The van der Waals surface area contributed by atoms with Gasteiger partial charge in [-0.05, 0) is 18.6 Å². The van der Waals surface area contributed by atoms with Gasteiger partial charge in [0, 0.05) is 17.8 Å². The Hall–Kier alpha value is -2.79. The molecule has 1 aromatic carbocycles. The monoisotopic (exact) mass is 277 g/mol. The van der Waals surface area contributed by atoms with E-state index in [0.717, 1.165) is 22.5 Å². The van der Waals surface area contributed by atoms with E-state index in [9.17, 15) is 0 Å². The summed E-state index contributed by atoms with van der Waals surface area (Å²) in [7, 11) is 0. The van der Waals surface area contributed by atoms with Crippen molar-refractivity contribution in [2.24, 2.45) is 5.84 Å². The van der Waals surface area contributed by atoms with E-state index in [4.69, 9.17) is 5.84 Å². The van der Waals surface area contributed by atoms with Gasteiger partial charge in [-0.3, -0.25) is 4.98 Å². The Balaban J connectivity index is 2.17. The lowest BCUT2D eigenvalue weighted by atomic mass is 10.1. The summed E-state index contributed by atoms with van der Waals surface area (Å²) < 4.78 is 0. The van der Waals surface area contributed by atoms with Crippen LogP contribution in [0.1, 0.15) is 5.56 Å². The molecule has 2 heterocycles. The minimum Gasteiger partial charge on any atom is -0.308 e. The Labute approximate surface area is 122 Å². The van der Waals surface area contributed by atoms with E-state index in [2.05, 4.69) is 20.4 Å². The van der Waals surface area contributed by atoms with Gasteiger partial charge in [-0.15, -0.1) is 0 Å². The zero-order valence-electron chi connectivity index (χ0n) is 11.6. The number of nitrogens with one attached hydrogen (secondary N) is 1. The molecule has 0 aliphatic heterocycles. The minimum absolute atomic E-state index is 0.558. The first-order valence-corrected chi connectivity index (χ1v) is 6.61. The second kappa shape index (κ2) is 5.68. The first-order chi connectivity index (χ1) is 10.3. The molecule has 0 radical (unpaired) electrons. The van der Waals surface area contributed by atoms with Crippen molar-refractivity contribution in [3.63, 3.8) is 0 Å². The van der Waals surface area contributed by atoms with Gasteiger partial charge in [0.25, 0.3) is 0 Å². The van der Waals surface area contributed by atoms with E-state index >= 15 is 0 Å². The van der Waals surface area contributed by atoms with Crippen LogP contribution in [0.3, 0.4) is 0 Å². The molecule has 3 N–H and O–H groups in total. The Kier molecular flexibility index (Phi) is 3.57. The number of benzene rings is 1. The van der Waals surface area contributed by atoms with E-state index < -0.39 is 0 Å². The third-order valence-corrected chi connectivity index (χ3v) is 3.16. The molecular formula is C16H15N5. The molecule has 0 aliphatic rings. The van der Waals surface area contributed by atoms with Crippen LogP contribution in [0, 0.1) is 6.92 Å². The van der Waals surface area contributed by atoms with Crippen molar-refractivity contribution in [1.82, 2.24) is 15.0 Å². The van der Waals surface area contributed by atoms with Crippen molar-refractivity contribution in [3.05, 3.63) is 60.3 Å². The first kappa shape index (κ1) is 13.2. The van der Waals surface area contributed by atoms with Gasteiger partial charge in [0.2, 0.25) is 0 Å². The molecular weight excluding hydrogens is 262 g/mol. The molecule has 0 amide bonds. The topological polar surface area (TPSA) is 76.7 Å². The number of nitrogens with zero attached hydrogens (tertiary/aromatic N) is 3. The molecule has 0 bridgehead atoms. The number of anilines is 1. The number of hydrogen-bond acceptors (Lipinski definition) is 5. The molecule has 0 aliphatic carbocycles. The summed E-state index contributed by atoms with van der Waals surface area (Å²) in [6.45, 7) is 1.98. The number of nitrogen functional groups attached to an aromatic ring is 1. The van der Waals surface area contributed by atoms with Crippen molar-refractivity contribution < 1.29 is 0 Å². The Morgan fingerprint density at radius 1 is 1.00 bits per heavy atom. The highest BCUT2D eigenvalue weighted by Crippen LogP contribution is 2.24. The van der Waals surface area contributed by atoms with Crippen LogP contribution < -0.4 is 11.3 Å². The summed E-state index contributed by atoms with van der Waals surface area (Å²) in [5.41, 5.74) is 6.17. The third kappa shape index (κ3) is 2.73. The Morgan fingerprint density at radius 3 is 2.52 bits per heavy atom. The van der Waals surface area contributed by atoms with Crippen molar-refractivity contribution in [1.29, 1.82) is 0 Å². The maximum atomic E-state index is 5.52. The van der Waals surface area contributed by atoms with Crippen LogP contribution in [0.25, 0.3) is 22.8 Å². The van der Waals surface area contributed by atoms with Gasteiger partial charge in [0.1, 0.15) is 11.5 Å². The van der Waals surface area contributed by atoms with E-state index in [1.165, 1.54) is 0 Å². The van der Waals surface area contributed by atoms with Crippen molar-refractivity contribution >= 4 is 5.82 Å². The van der Waals surface area contributed by atoms with Crippen LogP contribution in [0.5, 0.6) is 0 Å². The smallest absolute Gasteiger partial charge is 0.181 e. The first-order valence-electron chi connectivity index (χ1n) is 6.61. The normalized spacial score (nSPS) is 10.4. The fourth-order valence-electron chi connectivity index (χ4n) is 2.10. The van der Waals surface area contributed by atoms with Crippen LogP contribution in [0.4, 0.5) is 5.82 Å². The fourth-order valence-corrected chi connectivity index (χ4v) is 2.10. The number of hydrazine groups is 1. The van der Waals surface area contributed by atoms with Gasteiger partial charge in [0.15, 0.2) is 5.82 Å². The zero-order chi connectivity index (χ0) is 14.7. The number of aryl methyl sites for hydroxylation is 1. The third-order valence-electron chi connectivity index (χ3n) is 3.16. The molecule has 0 unspecified atom stereocenters. The van der Waals surface area contributed by atoms with Crippen molar-refractivity contribution in [2.75, 3.05) is 5.43 Å². The molecule has 0 spiro atoms. The molecule has 0 saturated carbocycles. The summed E-state index contributed by atoms with van der Waals surface area (Å²) in [6.07, 6.45) is 1.73. The molecule has 5 nitrogen and oxygen atoms in total. The van der Waals surface area contributed by atoms with E-state index in [-0.39, 0.29) is 0 Å². The molecule has 5 heteroatoms. The number of nitrogens with two attached hydrogens (primary N) is 1. The number of aromatic nitrogens is 3. The number of pyridine rings is 1. The minimum atomic E-state index is 0.558. The Morgan fingerprint density at radius 2 is 1.81 bits per heavy atom. The second-order valence-corrected chi connectivity index (χ2v) is 4.64. The number of hydrogen-bond donors (Lipinski definition) is 2. The quantitative estimate of drug-likeness (QED) is 0.568. The van der Waals surface area contributed by atoms with Gasteiger partial charge >= 0.3 is 0 Å². The molecule has 2 aromatic heterocycles. The zero-order valence-corrected chi connectivity index (χ0v) is 11.6. The second-order valence-electron chi connectivity index (χ2n) is 4.64. The summed E-state index contributed by atoms with van der Waals surface area (Å²) in [5.74, 6) is 6.64. The van der Waals surface area contributed by atoms with Gasteiger partial charge in [-0.1, -0.05) is 36.4 Å². The highest BCUT2D eigenvalue weighted by atomic mass is 15.3. The van der Waals surface area contributed by atoms with Crippen molar-refractivity contribution in [2.45, 2.75) is 6.92 Å². The van der Waals surface area contributed by atoms with Crippen molar-refractivity contribution in [3.8, 4) is 22.8 Å². The maximum Gasteiger partial charge on any atom is 0.181 e. The average Bonchev–Trinajstić information content (AvgIpc) is 2.55. The maximum absolute atomic E-state index is 5.52. The van der Waals surface area contributed by atoms with E-state index in [1.807, 2.05) is 55.5 Å². The van der Waals surface area contributed by atoms with Crippen LogP contribution in [-0.4, -0.2) is 15.0 Å². The molecule has 0 atom stereocenters. The largest absolute Gasteiger partial charge is 0.308 e. The lowest BCUT2D eigenvalue weighted by molar-refractivity contribution is 1.11. The van der Waals surface area contributed by atoms with Crippen LogP contribution in [0.2, 0.25) is 0 Å². The van der Waals surface area contributed by atoms with Gasteiger partial charge in [-0.25, -0.2) is 15.8 Å². The molecule has 0 fully saturated rings. The van der Waals surface area contributed by atoms with Crippen LogP contribution in [-0.2, 0) is 0 Å². The number of rotatable bonds is 3. The SMILES string of the molecule is Cc1cccnc1-c1nc(NN)cc(-c2ccccc2)n1. The van der Waals surface area contributed by atoms with Crippen LogP contribution >= 0.6 is 0 Å². The van der Waals surface area contributed by atoms with Gasteiger partial charge in [-0.2, -0.15) is 0 Å². The summed E-state index contributed by atoms with van der Waals surface area (Å²) >= 11 is 0. The molecule has 3 aromatic rings. The molecule has 104 valence electrons. The van der Waals surface area contributed by atoms with Gasteiger partial charge < -0.3 is 5.43 Å². The average molecular weight is 277 g/mol. The lowest BCUT2D eigenvalue weighted by Crippen LogP contribution is -2.10. The van der Waals surface area contributed by atoms with Crippen LogP contribution in [0.15, 0.2) is 54.7 Å². The molecule has 0 saturated heterocycles. The Bertz CT molecular complexity index is 756. The van der Waals surface area contributed by atoms with E-state index in [0.29, 0.717) is 11.6 Å². The molecule has 3 rings (SSSR count). The fraction of sp³-hybridized carbons (Fsp3) is 0.0625. The predicted octanol–water partition coefficient (Wildman–Crippen LogP) is 2.80. The lowest BCUT2D eigenvalue weighted by Gasteiger charge is -2.09. The summed E-state index contributed by atoms with van der Waals surface area (Å²) in [6, 6.07) is 15.6. The van der Waals surface area contributed by atoms with E-state index in [1.54, 1.807) is 6.20 Å². The molecule has 21 heavy (non-hydrogen) atoms. The highest BCUT2D eigenvalue weighted by Gasteiger charge is 2.10. The van der Waals surface area contributed by atoms with Gasteiger partial charge in [0.05, 0.1) is 5.69 Å². The highest BCUT2D eigenvalue weighted by molar-refractivity contribution is 5.67. The summed E-state index contributed by atoms with van der Waals surface area (Å²) in [4.78, 5) is 13.4. The summed E-state index contributed by atoms with van der Waals surface area (Å²) in [5, 5.41) is 0.